The van der Waals surface area contributed by atoms with Gasteiger partial charge in [0.25, 0.3) is 0 Å². The number of fused-ring (bicyclic) bond motifs is 1. The second-order valence-electron chi connectivity index (χ2n) is 4.89. The quantitative estimate of drug-likeness (QED) is 0.829. The molecule has 98 valence electrons. The topological polar surface area (TPSA) is 39.2 Å². The molecule has 0 aliphatic heterocycles. The molecular weight excluding hydrogens is 222 g/mol. The normalized spacial score (nSPS) is 11.3. The molecule has 2 aromatic rings. The minimum atomic E-state index is 0.494. The zero-order valence-corrected chi connectivity index (χ0v) is 11.5. The van der Waals surface area contributed by atoms with Crippen molar-refractivity contribution in [3.63, 3.8) is 0 Å². The molecule has 0 spiro atoms. The molecule has 0 bridgehead atoms. The van der Waals surface area contributed by atoms with Crippen LogP contribution in [0.15, 0.2) is 22.6 Å². The monoisotopic (exact) mass is 245 g/mol. The fourth-order valence-electron chi connectivity index (χ4n) is 2.47. The van der Waals surface area contributed by atoms with E-state index in [-0.39, 0.29) is 0 Å². The first-order chi connectivity index (χ1) is 8.80. The summed E-state index contributed by atoms with van der Waals surface area (Å²) in [5.74, 6) is 0.958. The fourth-order valence-corrected chi connectivity index (χ4v) is 2.47. The first-order valence-electron chi connectivity index (χ1n) is 7.03. The van der Waals surface area contributed by atoms with Gasteiger partial charge >= 0.3 is 0 Å². The van der Waals surface area contributed by atoms with Gasteiger partial charge in [0.05, 0.1) is 6.54 Å². The molecule has 1 aromatic heterocycles. The Balaban J connectivity index is 2.42. The van der Waals surface area contributed by atoms with Crippen LogP contribution in [0.5, 0.6) is 0 Å². The van der Waals surface area contributed by atoms with Crippen LogP contribution in [-0.4, -0.2) is 0 Å². The Kier molecular flexibility index (Phi) is 4.43. The van der Waals surface area contributed by atoms with E-state index in [0.717, 1.165) is 30.6 Å². The van der Waals surface area contributed by atoms with Gasteiger partial charge in [0.1, 0.15) is 11.3 Å². The molecule has 0 saturated heterocycles. The Morgan fingerprint density at radius 2 is 1.94 bits per heavy atom. The predicted octanol–water partition coefficient (Wildman–Crippen LogP) is 4.19. The van der Waals surface area contributed by atoms with Gasteiger partial charge in [-0.3, -0.25) is 0 Å². The first kappa shape index (κ1) is 13.2. The lowest BCUT2D eigenvalue weighted by atomic mass is 10.0. The third-order valence-corrected chi connectivity index (χ3v) is 3.44. The maximum atomic E-state index is 5.84. The summed E-state index contributed by atoms with van der Waals surface area (Å²) in [5.41, 5.74) is 9.48. The molecule has 0 unspecified atom stereocenters. The highest BCUT2D eigenvalue weighted by atomic mass is 16.3. The molecule has 0 aliphatic carbocycles. The van der Waals surface area contributed by atoms with E-state index in [0.29, 0.717) is 6.54 Å². The van der Waals surface area contributed by atoms with Gasteiger partial charge < -0.3 is 10.2 Å². The number of furan rings is 1. The molecule has 0 radical (unpaired) electrons. The fraction of sp³-hybridized carbons (Fsp3) is 0.500. The number of benzene rings is 1. The first-order valence-corrected chi connectivity index (χ1v) is 7.03. The average Bonchev–Trinajstić information content (AvgIpc) is 2.74. The lowest BCUT2D eigenvalue weighted by Crippen LogP contribution is -1.98. The van der Waals surface area contributed by atoms with Crippen LogP contribution in [0.1, 0.15) is 50.0 Å². The standard InChI is InChI=1S/C16H23NO/c1-3-5-7-12-8-9-15-14(10-12)13(6-4-2)16(11-17)18-15/h8-10H,3-7,11,17H2,1-2H3. The van der Waals surface area contributed by atoms with Crippen molar-refractivity contribution in [2.45, 2.75) is 52.5 Å². The number of aryl methyl sites for hydroxylation is 2. The lowest BCUT2D eigenvalue weighted by molar-refractivity contribution is 0.544. The largest absolute Gasteiger partial charge is 0.459 e. The number of hydrogen-bond acceptors (Lipinski definition) is 2. The van der Waals surface area contributed by atoms with Crippen molar-refractivity contribution in [2.75, 3.05) is 0 Å². The van der Waals surface area contributed by atoms with Crippen molar-refractivity contribution in [3.05, 3.63) is 35.1 Å². The Labute approximate surface area is 109 Å². The highest BCUT2D eigenvalue weighted by Gasteiger charge is 2.12. The van der Waals surface area contributed by atoms with Crippen molar-refractivity contribution >= 4 is 11.0 Å². The number of unbranched alkanes of at least 4 members (excludes halogenated alkanes) is 1. The van der Waals surface area contributed by atoms with Gasteiger partial charge in [-0.05, 0) is 37.0 Å². The van der Waals surface area contributed by atoms with E-state index >= 15 is 0 Å². The maximum absolute atomic E-state index is 5.84. The molecular formula is C16H23NO. The Bertz CT molecular complexity index is 513. The van der Waals surface area contributed by atoms with Gasteiger partial charge in [0.15, 0.2) is 0 Å². The molecule has 1 heterocycles. The molecule has 0 saturated carbocycles. The second kappa shape index (κ2) is 6.05. The molecule has 18 heavy (non-hydrogen) atoms. The SMILES string of the molecule is CCCCc1ccc2oc(CN)c(CCC)c2c1. The summed E-state index contributed by atoms with van der Waals surface area (Å²) in [6, 6.07) is 6.56. The zero-order valence-electron chi connectivity index (χ0n) is 11.5. The van der Waals surface area contributed by atoms with Crippen LogP contribution in [-0.2, 0) is 19.4 Å². The number of hydrogen-bond donors (Lipinski definition) is 1. The Morgan fingerprint density at radius 3 is 2.61 bits per heavy atom. The molecule has 0 amide bonds. The van der Waals surface area contributed by atoms with Gasteiger partial charge in [0, 0.05) is 10.9 Å². The highest BCUT2D eigenvalue weighted by molar-refractivity contribution is 5.83. The summed E-state index contributed by atoms with van der Waals surface area (Å²) in [7, 11) is 0. The van der Waals surface area contributed by atoms with E-state index in [1.807, 2.05) is 0 Å². The van der Waals surface area contributed by atoms with Gasteiger partial charge in [-0.1, -0.05) is 32.8 Å². The summed E-state index contributed by atoms with van der Waals surface area (Å²) < 4.78 is 5.84. The van der Waals surface area contributed by atoms with Crippen LogP contribution in [0.25, 0.3) is 11.0 Å². The molecule has 2 N–H and O–H groups in total. The summed E-state index contributed by atoms with van der Waals surface area (Å²) in [5, 5.41) is 1.27. The highest BCUT2D eigenvalue weighted by Crippen LogP contribution is 2.28. The van der Waals surface area contributed by atoms with Gasteiger partial charge in [0.2, 0.25) is 0 Å². The van der Waals surface area contributed by atoms with Crippen LogP contribution in [0.4, 0.5) is 0 Å². The Morgan fingerprint density at radius 1 is 1.11 bits per heavy atom. The van der Waals surface area contributed by atoms with Crippen molar-refractivity contribution in [3.8, 4) is 0 Å². The average molecular weight is 245 g/mol. The van der Waals surface area contributed by atoms with Crippen molar-refractivity contribution < 1.29 is 4.42 Å². The molecule has 2 nitrogen and oxygen atoms in total. The second-order valence-corrected chi connectivity index (χ2v) is 4.89. The summed E-state index contributed by atoms with van der Waals surface area (Å²) in [4.78, 5) is 0. The van der Waals surface area contributed by atoms with E-state index in [2.05, 4.69) is 32.0 Å². The van der Waals surface area contributed by atoms with E-state index < -0.39 is 0 Å². The van der Waals surface area contributed by atoms with Crippen molar-refractivity contribution in [1.82, 2.24) is 0 Å². The molecule has 0 fully saturated rings. The minimum absolute atomic E-state index is 0.494. The van der Waals surface area contributed by atoms with Gasteiger partial charge in [-0.15, -0.1) is 0 Å². The third-order valence-electron chi connectivity index (χ3n) is 3.44. The van der Waals surface area contributed by atoms with E-state index in [1.165, 1.54) is 29.4 Å². The lowest BCUT2D eigenvalue weighted by Gasteiger charge is -2.01. The van der Waals surface area contributed by atoms with Crippen LogP contribution in [0.3, 0.4) is 0 Å². The van der Waals surface area contributed by atoms with Crippen LogP contribution < -0.4 is 5.73 Å². The maximum Gasteiger partial charge on any atom is 0.134 e. The van der Waals surface area contributed by atoms with E-state index in [4.69, 9.17) is 10.2 Å². The molecule has 2 rings (SSSR count). The number of rotatable bonds is 6. The van der Waals surface area contributed by atoms with Gasteiger partial charge in [-0.2, -0.15) is 0 Å². The molecule has 0 aliphatic rings. The van der Waals surface area contributed by atoms with Crippen LogP contribution in [0.2, 0.25) is 0 Å². The van der Waals surface area contributed by atoms with E-state index in [9.17, 15) is 0 Å². The number of nitrogens with two attached hydrogens (primary N) is 1. The molecule has 2 heteroatoms. The summed E-state index contributed by atoms with van der Waals surface area (Å²) in [6.07, 6.45) is 5.81. The molecule has 1 aromatic carbocycles. The molecule has 0 atom stereocenters. The zero-order chi connectivity index (χ0) is 13.0. The van der Waals surface area contributed by atoms with E-state index in [1.54, 1.807) is 0 Å². The summed E-state index contributed by atoms with van der Waals surface area (Å²) in [6.45, 7) is 4.92. The third kappa shape index (κ3) is 2.59. The van der Waals surface area contributed by atoms with Crippen molar-refractivity contribution in [2.24, 2.45) is 5.73 Å². The van der Waals surface area contributed by atoms with Gasteiger partial charge in [-0.25, -0.2) is 0 Å². The predicted molar refractivity (Wildman–Crippen MR) is 76.7 cm³/mol. The van der Waals surface area contributed by atoms with Crippen molar-refractivity contribution in [1.29, 1.82) is 0 Å². The smallest absolute Gasteiger partial charge is 0.134 e. The minimum Gasteiger partial charge on any atom is -0.459 e. The van der Waals surface area contributed by atoms with Crippen LogP contribution >= 0.6 is 0 Å². The summed E-state index contributed by atoms with van der Waals surface area (Å²) >= 11 is 0. The van der Waals surface area contributed by atoms with Crippen LogP contribution in [0, 0.1) is 0 Å². The Hall–Kier alpha value is -1.28.